The van der Waals surface area contributed by atoms with E-state index in [0.29, 0.717) is 13.1 Å². The molecule has 1 aromatic carbocycles. The molecule has 1 atom stereocenters. The first kappa shape index (κ1) is 23.6. The first-order valence-corrected chi connectivity index (χ1v) is 11.8. The summed E-state index contributed by atoms with van der Waals surface area (Å²) in [6, 6.07) is 3.98. The Kier molecular flexibility index (Phi) is 8.92. The van der Waals surface area contributed by atoms with E-state index in [4.69, 9.17) is 16.3 Å². The van der Waals surface area contributed by atoms with Crippen molar-refractivity contribution < 1.29 is 22.7 Å². The summed E-state index contributed by atoms with van der Waals surface area (Å²) in [7, 11) is -3.81. The number of nitrogens with one attached hydrogen (secondary N) is 1. The molecule has 7 nitrogen and oxygen atoms in total. The van der Waals surface area contributed by atoms with Crippen LogP contribution in [0.15, 0.2) is 23.1 Å². The second kappa shape index (κ2) is 10.9. The summed E-state index contributed by atoms with van der Waals surface area (Å²) >= 11 is 6.14. The maximum absolute atomic E-state index is 13.0. The van der Waals surface area contributed by atoms with Gasteiger partial charge < -0.3 is 10.1 Å². The number of benzene rings is 1. The molecule has 1 aliphatic rings. The lowest BCUT2D eigenvalue weighted by molar-refractivity contribution is -0.124. The molecule has 9 heteroatoms. The van der Waals surface area contributed by atoms with Gasteiger partial charge in [0, 0.05) is 19.1 Å². The van der Waals surface area contributed by atoms with Crippen LogP contribution in [0.5, 0.6) is 0 Å². The maximum Gasteiger partial charge on any atom is 0.338 e. The number of sulfonamides is 1. The summed E-state index contributed by atoms with van der Waals surface area (Å²) in [5.74, 6) is -1.17. The summed E-state index contributed by atoms with van der Waals surface area (Å²) in [4.78, 5) is 24.1. The predicted octanol–water partition coefficient (Wildman–Crippen LogP) is 3.37. The van der Waals surface area contributed by atoms with E-state index in [-0.39, 0.29) is 21.5 Å². The van der Waals surface area contributed by atoms with Crippen LogP contribution in [0, 0.1) is 0 Å². The fraction of sp³-hybridized carbons (Fsp3) is 0.600. The van der Waals surface area contributed by atoms with Crippen molar-refractivity contribution in [3.8, 4) is 0 Å². The Morgan fingerprint density at radius 2 is 1.86 bits per heavy atom. The van der Waals surface area contributed by atoms with Crippen LogP contribution in [0.25, 0.3) is 0 Å². The van der Waals surface area contributed by atoms with E-state index < -0.39 is 28.5 Å². The van der Waals surface area contributed by atoms with Gasteiger partial charge in [-0.1, -0.05) is 37.8 Å². The van der Waals surface area contributed by atoms with E-state index in [1.807, 2.05) is 13.8 Å². The molecule has 2 rings (SSSR count). The lowest BCUT2D eigenvalue weighted by Gasteiger charge is -2.21. The van der Waals surface area contributed by atoms with E-state index >= 15 is 0 Å². The summed E-state index contributed by atoms with van der Waals surface area (Å²) in [6.45, 7) is 4.33. The normalized spacial score (nSPS) is 16.7. The molecular weight excluding hydrogens is 416 g/mol. The quantitative estimate of drug-likeness (QED) is 0.620. The highest BCUT2D eigenvalue weighted by atomic mass is 35.5. The highest BCUT2D eigenvalue weighted by molar-refractivity contribution is 7.89. The Morgan fingerprint density at radius 1 is 1.21 bits per heavy atom. The van der Waals surface area contributed by atoms with Gasteiger partial charge in [0.25, 0.3) is 5.91 Å². The average molecular weight is 445 g/mol. The summed E-state index contributed by atoms with van der Waals surface area (Å²) in [6.07, 6.45) is 5.33. The third kappa shape index (κ3) is 6.69. The third-order valence-corrected chi connectivity index (χ3v) is 7.19. The number of rotatable bonds is 8. The van der Waals surface area contributed by atoms with Gasteiger partial charge in [-0.2, -0.15) is 4.31 Å². The van der Waals surface area contributed by atoms with Gasteiger partial charge in [-0.05, 0) is 44.4 Å². The molecule has 0 spiro atoms. The van der Waals surface area contributed by atoms with Gasteiger partial charge in [-0.25, -0.2) is 13.2 Å². The highest BCUT2D eigenvalue weighted by Crippen LogP contribution is 2.28. The Labute approximate surface area is 177 Å². The molecule has 1 aromatic rings. The number of halogens is 1. The number of amides is 1. The standard InChI is InChI=1S/C20H29ClN2O5S/c1-3-8-15(2)22-19(24)14-28-20(25)16-9-10-17(21)18(13-16)29(26,27)23-11-6-4-5-7-12-23/h9-10,13,15H,3-8,11-12,14H2,1-2H3,(H,22,24). The first-order chi connectivity index (χ1) is 13.8. The Bertz CT molecular complexity index is 820. The SMILES string of the molecule is CCCC(C)NC(=O)COC(=O)c1ccc(Cl)c(S(=O)(=O)N2CCCCCC2)c1. The molecule has 1 saturated heterocycles. The van der Waals surface area contributed by atoms with E-state index in [0.717, 1.165) is 38.5 Å². The van der Waals surface area contributed by atoms with E-state index in [9.17, 15) is 18.0 Å². The number of carbonyl (C=O) groups is 2. The Morgan fingerprint density at radius 3 is 2.48 bits per heavy atom. The van der Waals surface area contributed by atoms with Gasteiger partial charge in [0.15, 0.2) is 6.61 Å². The van der Waals surface area contributed by atoms with Gasteiger partial charge in [-0.15, -0.1) is 0 Å². The molecule has 1 aliphatic heterocycles. The lowest BCUT2D eigenvalue weighted by atomic mass is 10.2. The molecule has 0 aliphatic carbocycles. The van der Waals surface area contributed by atoms with Gasteiger partial charge in [0.2, 0.25) is 10.0 Å². The van der Waals surface area contributed by atoms with E-state index in [1.165, 1.54) is 22.5 Å². The minimum absolute atomic E-state index is 0.00731. The van der Waals surface area contributed by atoms with Crippen molar-refractivity contribution in [3.63, 3.8) is 0 Å². The lowest BCUT2D eigenvalue weighted by Crippen LogP contribution is -2.35. The predicted molar refractivity (Wildman–Crippen MR) is 111 cm³/mol. The molecule has 162 valence electrons. The van der Waals surface area contributed by atoms with Crippen molar-refractivity contribution in [3.05, 3.63) is 28.8 Å². The molecule has 1 fully saturated rings. The van der Waals surface area contributed by atoms with Crippen LogP contribution in [-0.4, -0.2) is 50.3 Å². The van der Waals surface area contributed by atoms with Crippen molar-refractivity contribution in [2.24, 2.45) is 0 Å². The second-order valence-corrected chi connectivity index (χ2v) is 9.61. The van der Waals surface area contributed by atoms with Crippen LogP contribution in [-0.2, 0) is 19.6 Å². The molecule has 0 radical (unpaired) electrons. The number of esters is 1. The van der Waals surface area contributed by atoms with Gasteiger partial charge in [0.1, 0.15) is 4.90 Å². The van der Waals surface area contributed by atoms with Crippen LogP contribution >= 0.6 is 11.6 Å². The van der Waals surface area contributed by atoms with Crippen LogP contribution in [0.3, 0.4) is 0 Å². The topological polar surface area (TPSA) is 92.8 Å². The zero-order chi connectivity index (χ0) is 21.4. The van der Waals surface area contributed by atoms with Crippen molar-refractivity contribution >= 4 is 33.5 Å². The minimum atomic E-state index is -3.81. The maximum atomic E-state index is 13.0. The number of hydrogen-bond donors (Lipinski definition) is 1. The van der Waals surface area contributed by atoms with Crippen LogP contribution in [0.2, 0.25) is 5.02 Å². The second-order valence-electron chi connectivity index (χ2n) is 7.30. The van der Waals surface area contributed by atoms with Crippen LogP contribution in [0.1, 0.15) is 62.7 Å². The van der Waals surface area contributed by atoms with E-state index in [2.05, 4.69) is 5.32 Å². The average Bonchev–Trinajstić information content (AvgIpc) is 2.96. The monoisotopic (exact) mass is 444 g/mol. The highest BCUT2D eigenvalue weighted by Gasteiger charge is 2.28. The van der Waals surface area contributed by atoms with Crippen molar-refractivity contribution in [2.75, 3.05) is 19.7 Å². The smallest absolute Gasteiger partial charge is 0.338 e. The number of nitrogens with zero attached hydrogens (tertiary/aromatic N) is 1. The Balaban J connectivity index is 2.09. The zero-order valence-electron chi connectivity index (χ0n) is 16.9. The largest absolute Gasteiger partial charge is 0.452 e. The number of ether oxygens (including phenoxy) is 1. The molecule has 29 heavy (non-hydrogen) atoms. The van der Waals surface area contributed by atoms with Crippen LogP contribution in [0.4, 0.5) is 0 Å². The van der Waals surface area contributed by atoms with Crippen molar-refractivity contribution in [1.29, 1.82) is 0 Å². The molecular formula is C20H29ClN2O5S. The molecule has 1 amide bonds. The summed E-state index contributed by atoms with van der Waals surface area (Å²) in [5, 5.41) is 2.79. The summed E-state index contributed by atoms with van der Waals surface area (Å²) < 4.78 is 32.5. The van der Waals surface area contributed by atoms with Gasteiger partial charge in [-0.3, -0.25) is 4.79 Å². The molecule has 0 aromatic heterocycles. The molecule has 1 N–H and O–H groups in total. The molecule has 0 bridgehead atoms. The summed E-state index contributed by atoms with van der Waals surface area (Å²) in [5.41, 5.74) is 0.0391. The number of hydrogen-bond acceptors (Lipinski definition) is 5. The molecule has 0 saturated carbocycles. The fourth-order valence-electron chi connectivity index (χ4n) is 3.29. The molecule has 1 heterocycles. The Hall–Kier alpha value is -1.64. The molecule has 1 unspecified atom stereocenters. The zero-order valence-corrected chi connectivity index (χ0v) is 18.5. The van der Waals surface area contributed by atoms with Gasteiger partial charge in [0.05, 0.1) is 10.6 Å². The van der Waals surface area contributed by atoms with Crippen LogP contribution < -0.4 is 5.32 Å². The van der Waals surface area contributed by atoms with Gasteiger partial charge >= 0.3 is 5.97 Å². The first-order valence-electron chi connectivity index (χ1n) is 10.0. The minimum Gasteiger partial charge on any atom is -0.452 e. The fourth-order valence-corrected chi connectivity index (χ4v) is 5.30. The van der Waals surface area contributed by atoms with Crippen molar-refractivity contribution in [2.45, 2.75) is 63.3 Å². The number of carbonyl (C=O) groups excluding carboxylic acids is 2. The van der Waals surface area contributed by atoms with E-state index in [1.54, 1.807) is 0 Å². The van der Waals surface area contributed by atoms with Crippen molar-refractivity contribution in [1.82, 2.24) is 9.62 Å². The third-order valence-electron chi connectivity index (χ3n) is 4.81.